The van der Waals surface area contributed by atoms with Crippen molar-refractivity contribution in [3.05, 3.63) is 90.2 Å². The summed E-state index contributed by atoms with van der Waals surface area (Å²) in [5, 5.41) is 3.65. The van der Waals surface area contributed by atoms with E-state index in [1.54, 1.807) is 0 Å². The van der Waals surface area contributed by atoms with E-state index < -0.39 is 0 Å². The Bertz CT molecular complexity index is 1000. The van der Waals surface area contributed by atoms with Crippen LogP contribution in [-0.4, -0.2) is 6.54 Å². The second-order valence-corrected chi connectivity index (χ2v) is 7.24. The molecular formula is C25H26N2O. The molecule has 0 saturated carbocycles. The van der Waals surface area contributed by atoms with Gasteiger partial charge in [0, 0.05) is 23.7 Å². The van der Waals surface area contributed by atoms with Gasteiger partial charge >= 0.3 is 0 Å². The fourth-order valence-corrected chi connectivity index (χ4v) is 3.62. The van der Waals surface area contributed by atoms with Crippen molar-refractivity contribution in [1.29, 1.82) is 0 Å². The number of fused-ring (bicyclic) bond motifs is 1. The maximum atomic E-state index is 5.99. The maximum Gasteiger partial charge on any atom is 0.134 e. The average molecular weight is 370 g/mol. The lowest BCUT2D eigenvalue weighted by Crippen LogP contribution is -2.20. The molecule has 0 radical (unpaired) electrons. The van der Waals surface area contributed by atoms with E-state index in [9.17, 15) is 0 Å². The number of aryl methyl sites for hydroxylation is 1. The van der Waals surface area contributed by atoms with Gasteiger partial charge in [-0.25, -0.2) is 0 Å². The van der Waals surface area contributed by atoms with Gasteiger partial charge in [0.1, 0.15) is 11.5 Å². The van der Waals surface area contributed by atoms with Crippen molar-refractivity contribution < 1.29 is 4.42 Å². The van der Waals surface area contributed by atoms with Crippen LogP contribution in [0.15, 0.2) is 83.3 Å². The summed E-state index contributed by atoms with van der Waals surface area (Å²) < 4.78 is 5.99. The van der Waals surface area contributed by atoms with E-state index in [0.717, 1.165) is 42.2 Å². The van der Waals surface area contributed by atoms with Gasteiger partial charge in [-0.05, 0) is 73.0 Å². The van der Waals surface area contributed by atoms with E-state index in [2.05, 4.69) is 60.8 Å². The number of hydrogen-bond donors (Lipinski definition) is 2. The summed E-state index contributed by atoms with van der Waals surface area (Å²) in [7, 11) is 0. The van der Waals surface area contributed by atoms with E-state index >= 15 is 0 Å². The lowest BCUT2D eigenvalue weighted by molar-refractivity contribution is 0.495. The molecule has 0 bridgehead atoms. The van der Waals surface area contributed by atoms with Gasteiger partial charge in [-0.15, -0.1) is 0 Å². The van der Waals surface area contributed by atoms with Gasteiger partial charge in [-0.3, -0.25) is 0 Å². The number of nitrogens with two attached hydrogens (primary N) is 1. The highest BCUT2D eigenvalue weighted by molar-refractivity contribution is 5.71. The first-order valence-corrected chi connectivity index (χ1v) is 9.86. The Morgan fingerprint density at radius 2 is 1.64 bits per heavy atom. The van der Waals surface area contributed by atoms with Crippen LogP contribution in [0.4, 0.5) is 5.69 Å². The highest BCUT2D eigenvalue weighted by atomic mass is 16.3. The fourth-order valence-electron chi connectivity index (χ4n) is 3.62. The summed E-state index contributed by atoms with van der Waals surface area (Å²) in [5.74, 6) is 1.92. The first-order valence-electron chi connectivity index (χ1n) is 9.86. The molecule has 1 heterocycles. The summed E-state index contributed by atoms with van der Waals surface area (Å²) in [6.45, 7) is 3.18. The Balaban J connectivity index is 1.30. The molecule has 1 aromatic heterocycles. The van der Waals surface area contributed by atoms with E-state index in [0.29, 0.717) is 6.04 Å². The van der Waals surface area contributed by atoms with Gasteiger partial charge in [0.15, 0.2) is 0 Å². The first kappa shape index (κ1) is 18.3. The number of nitrogens with one attached hydrogen (secondary N) is 1. The van der Waals surface area contributed by atoms with Crippen molar-refractivity contribution in [3.63, 3.8) is 0 Å². The van der Waals surface area contributed by atoms with Crippen LogP contribution in [0.25, 0.3) is 22.5 Å². The lowest BCUT2D eigenvalue weighted by atomic mass is 10.0. The van der Waals surface area contributed by atoms with Gasteiger partial charge in [0.05, 0.1) is 0 Å². The van der Waals surface area contributed by atoms with E-state index in [1.807, 2.05) is 30.3 Å². The maximum absolute atomic E-state index is 5.99. The zero-order valence-electron chi connectivity index (χ0n) is 16.2. The zero-order valence-corrected chi connectivity index (χ0v) is 16.2. The summed E-state index contributed by atoms with van der Waals surface area (Å²) in [4.78, 5) is 0. The molecule has 1 aromatic carbocycles. The molecule has 2 aromatic rings. The number of furan rings is 1. The van der Waals surface area contributed by atoms with Crippen LogP contribution in [0.2, 0.25) is 0 Å². The van der Waals surface area contributed by atoms with Crippen molar-refractivity contribution in [2.45, 2.75) is 25.8 Å². The molecule has 3 N–H and O–H groups in total. The largest absolute Gasteiger partial charge is 0.461 e. The molecule has 4 rings (SSSR count). The molecule has 28 heavy (non-hydrogen) atoms. The molecule has 0 spiro atoms. The molecule has 1 unspecified atom stereocenters. The highest BCUT2D eigenvalue weighted by Gasteiger charge is 2.13. The Morgan fingerprint density at radius 3 is 2.50 bits per heavy atom. The molecule has 0 aliphatic heterocycles. The minimum Gasteiger partial charge on any atom is -0.461 e. The van der Waals surface area contributed by atoms with E-state index in [-0.39, 0.29) is 0 Å². The van der Waals surface area contributed by atoms with Crippen molar-refractivity contribution >= 4 is 5.69 Å². The van der Waals surface area contributed by atoms with Crippen LogP contribution in [0.1, 0.15) is 30.7 Å². The monoisotopic (exact) mass is 370 g/mol. The zero-order chi connectivity index (χ0) is 19.3. The summed E-state index contributed by atoms with van der Waals surface area (Å²) in [6.07, 6.45) is 1.96. The second-order valence-electron chi connectivity index (χ2n) is 7.24. The molecule has 2 aliphatic carbocycles. The van der Waals surface area contributed by atoms with Crippen LogP contribution in [0.3, 0.4) is 0 Å². The Hall–Kier alpha value is -3.04. The number of benzene rings is 1. The van der Waals surface area contributed by atoms with Crippen molar-refractivity contribution in [2.24, 2.45) is 0 Å². The van der Waals surface area contributed by atoms with Gasteiger partial charge in [0.25, 0.3) is 0 Å². The van der Waals surface area contributed by atoms with Crippen LogP contribution >= 0.6 is 0 Å². The van der Waals surface area contributed by atoms with Crippen molar-refractivity contribution in [3.8, 4) is 22.5 Å². The van der Waals surface area contributed by atoms with Gasteiger partial charge in [-0.2, -0.15) is 0 Å². The van der Waals surface area contributed by atoms with E-state index in [1.165, 1.54) is 16.7 Å². The molecule has 0 amide bonds. The smallest absolute Gasteiger partial charge is 0.134 e. The third kappa shape index (κ3) is 4.10. The van der Waals surface area contributed by atoms with Gasteiger partial charge in [0.2, 0.25) is 0 Å². The number of nitrogen functional groups attached to an aromatic ring is 1. The van der Waals surface area contributed by atoms with Crippen molar-refractivity contribution in [2.75, 3.05) is 12.3 Å². The van der Waals surface area contributed by atoms with Gasteiger partial charge in [-0.1, -0.05) is 42.5 Å². The van der Waals surface area contributed by atoms with Crippen molar-refractivity contribution in [1.82, 2.24) is 5.32 Å². The molecular weight excluding hydrogens is 344 g/mol. The van der Waals surface area contributed by atoms with Crippen LogP contribution < -0.4 is 11.1 Å². The first-order chi connectivity index (χ1) is 13.7. The van der Waals surface area contributed by atoms with Crippen LogP contribution in [-0.2, 0) is 6.42 Å². The summed E-state index contributed by atoms with van der Waals surface area (Å²) in [5.41, 5.74) is 11.5. The number of rotatable bonds is 7. The van der Waals surface area contributed by atoms with Crippen LogP contribution in [0, 0.1) is 0 Å². The Labute approximate surface area is 166 Å². The minimum absolute atomic E-state index is 0.321. The van der Waals surface area contributed by atoms with Crippen LogP contribution in [0.5, 0.6) is 0 Å². The molecule has 1 atom stereocenters. The average Bonchev–Trinajstić information content (AvgIpc) is 3.27. The lowest BCUT2D eigenvalue weighted by Gasteiger charge is -2.14. The second kappa shape index (κ2) is 8.32. The number of hydrogen-bond acceptors (Lipinski definition) is 3. The molecule has 0 fully saturated rings. The topological polar surface area (TPSA) is 51.2 Å². The van der Waals surface area contributed by atoms with Gasteiger partial charge < -0.3 is 15.5 Å². The quantitative estimate of drug-likeness (QED) is 0.314. The fraction of sp³-hybridized carbons (Fsp3) is 0.200. The highest BCUT2D eigenvalue weighted by Crippen LogP contribution is 2.31. The summed E-state index contributed by atoms with van der Waals surface area (Å²) >= 11 is 0. The third-order valence-corrected chi connectivity index (χ3v) is 5.20. The number of anilines is 1. The molecule has 3 nitrogen and oxygen atoms in total. The summed E-state index contributed by atoms with van der Waals surface area (Å²) in [6, 6.07) is 27.3. The third-order valence-electron chi connectivity index (χ3n) is 5.20. The molecule has 142 valence electrons. The minimum atomic E-state index is 0.321. The molecule has 3 heteroatoms. The SMILES string of the molecule is CC(NCCCc1ccc(-c2ccc(N)cc2)o1)c1ccc2cccccc1-2. The van der Waals surface area contributed by atoms with E-state index in [4.69, 9.17) is 10.2 Å². The Kier molecular flexibility index (Phi) is 5.45. The standard InChI is InChI=1S/C25H26N2O/c1-18(23-15-11-19-6-3-2-4-8-24(19)23)27-17-5-7-22-14-16-25(28-22)20-9-12-21(26)13-10-20/h2-4,6,8-16,18,27H,5,7,17,26H2,1H3. The molecule has 0 saturated heterocycles. The predicted octanol–water partition coefficient (Wildman–Crippen LogP) is 5.92. The predicted molar refractivity (Wildman–Crippen MR) is 116 cm³/mol. The normalized spacial score (nSPS) is 12.3. The Morgan fingerprint density at radius 1 is 0.857 bits per heavy atom. The molecule has 2 aliphatic rings.